The van der Waals surface area contributed by atoms with Gasteiger partial charge in [0.25, 0.3) is 0 Å². The first kappa shape index (κ1) is 12.7. The number of imidazole rings is 1. The predicted octanol–water partition coefficient (Wildman–Crippen LogP) is 3.61. The molecule has 1 N–H and O–H groups in total. The van der Waals surface area contributed by atoms with Crippen LogP contribution in [0.4, 0.5) is 5.69 Å². The van der Waals surface area contributed by atoms with E-state index < -0.39 is 0 Å². The number of hydrogen-bond acceptors (Lipinski definition) is 2. The molecule has 2 heterocycles. The summed E-state index contributed by atoms with van der Waals surface area (Å²) in [6.07, 6.45) is 3.74. The summed E-state index contributed by atoms with van der Waals surface area (Å²) >= 11 is 5.95. The van der Waals surface area contributed by atoms with Gasteiger partial charge in [0.1, 0.15) is 5.65 Å². The third-order valence-electron chi connectivity index (χ3n) is 2.92. The Kier molecular flexibility index (Phi) is 3.16. The Morgan fingerprint density at radius 2 is 1.90 bits per heavy atom. The first-order valence-electron chi connectivity index (χ1n) is 6.14. The highest BCUT2D eigenvalue weighted by Crippen LogP contribution is 2.22. The highest BCUT2D eigenvalue weighted by atomic mass is 35.5. The molecule has 1 amide bonds. The van der Waals surface area contributed by atoms with E-state index in [-0.39, 0.29) is 5.91 Å². The van der Waals surface area contributed by atoms with E-state index in [0.717, 1.165) is 22.6 Å². The SMILES string of the molecule is CC(=O)Nc1ccc(-c2cn3cc(Cl)ccc3n2)cc1. The molecule has 3 rings (SSSR count). The van der Waals surface area contributed by atoms with Gasteiger partial charge in [-0.2, -0.15) is 0 Å². The number of benzene rings is 1. The quantitative estimate of drug-likeness (QED) is 0.782. The molecular formula is C15H12ClN3O. The predicted molar refractivity (Wildman–Crippen MR) is 79.9 cm³/mol. The van der Waals surface area contributed by atoms with Crippen LogP contribution in [0.25, 0.3) is 16.9 Å². The molecule has 0 saturated carbocycles. The molecule has 0 aliphatic rings. The second-order valence-corrected chi connectivity index (χ2v) is 4.93. The normalized spacial score (nSPS) is 10.7. The van der Waals surface area contributed by atoms with Crippen molar-refractivity contribution in [2.24, 2.45) is 0 Å². The Labute approximate surface area is 121 Å². The lowest BCUT2D eigenvalue weighted by atomic mass is 10.1. The summed E-state index contributed by atoms with van der Waals surface area (Å²) in [6.45, 7) is 1.49. The molecular weight excluding hydrogens is 274 g/mol. The number of anilines is 1. The Morgan fingerprint density at radius 3 is 2.60 bits per heavy atom. The highest BCUT2D eigenvalue weighted by molar-refractivity contribution is 6.30. The Morgan fingerprint density at radius 1 is 1.15 bits per heavy atom. The number of fused-ring (bicyclic) bond motifs is 1. The maximum atomic E-state index is 11.0. The van der Waals surface area contributed by atoms with E-state index in [1.807, 2.05) is 53.2 Å². The van der Waals surface area contributed by atoms with Crippen LogP contribution in [0.15, 0.2) is 48.8 Å². The third-order valence-corrected chi connectivity index (χ3v) is 3.14. The number of carbonyl (C=O) groups excluding carboxylic acids is 1. The molecule has 1 aromatic carbocycles. The van der Waals surface area contributed by atoms with Gasteiger partial charge in [0, 0.05) is 30.6 Å². The summed E-state index contributed by atoms with van der Waals surface area (Å²) in [5.41, 5.74) is 3.46. The molecule has 0 unspecified atom stereocenters. The molecule has 100 valence electrons. The average molecular weight is 286 g/mol. The van der Waals surface area contributed by atoms with Gasteiger partial charge in [0.15, 0.2) is 0 Å². The van der Waals surface area contributed by atoms with Crippen LogP contribution in [0.5, 0.6) is 0 Å². The van der Waals surface area contributed by atoms with Crippen molar-refractivity contribution in [1.82, 2.24) is 9.38 Å². The Hall–Kier alpha value is -2.33. The molecule has 0 fully saturated rings. The number of carbonyl (C=O) groups is 1. The topological polar surface area (TPSA) is 46.4 Å². The van der Waals surface area contributed by atoms with Crippen molar-refractivity contribution in [3.05, 3.63) is 53.8 Å². The zero-order chi connectivity index (χ0) is 14.1. The van der Waals surface area contributed by atoms with Crippen molar-refractivity contribution in [2.45, 2.75) is 6.92 Å². The second kappa shape index (κ2) is 4.98. The first-order valence-corrected chi connectivity index (χ1v) is 6.52. The minimum absolute atomic E-state index is 0.0832. The lowest BCUT2D eigenvalue weighted by molar-refractivity contribution is -0.114. The summed E-state index contributed by atoms with van der Waals surface area (Å²) < 4.78 is 1.89. The van der Waals surface area contributed by atoms with Gasteiger partial charge in [-0.05, 0) is 24.3 Å². The average Bonchev–Trinajstić information content (AvgIpc) is 2.81. The summed E-state index contributed by atoms with van der Waals surface area (Å²) in [5, 5.41) is 3.40. The maximum absolute atomic E-state index is 11.0. The highest BCUT2D eigenvalue weighted by Gasteiger charge is 2.05. The molecule has 0 bridgehead atoms. The van der Waals surface area contributed by atoms with Crippen LogP contribution in [-0.4, -0.2) is 15.3 Å². The van der Waals surface area contributed by atoms with Crippen LogP contribution >= 0.6 is 11.6 Å². The number of aromatic nitrogens is 2. The van der Waals surface area contributed by atoms with Crippen molar-refractivity contribution in [2.75, 3.05) is 5.32 Å². The summed E-state index contributed by atoms with van der Waals surface area (Å²) in [6, 6.07) is 11.2. The summed E-state index contributed by atoms with van der Waals surface area (Å²) in [5.74, 6) is -0.0832. The second-order valence-electron chi connectivity index (χ2n) is 4.50. The molecule has 0 aliphatic heterocycles. The van der Waals surface area contributed by atoms with Crippen molar-refractivity contribution >= 4 is 28.8 Å². The largest absolute Gasteiger partial charge is 0.326 e. The summed E-state index contributed by atoms with van der Waals surface area (Å²) in [7, 11) is 0. The lowest BCUT2D eigenvalue weighted by Crippen LogP contribution is -2.05. The zero-order valence-corrected chi connectivity index (χ0v) is 11.6. The fourth-order valence-electron chi connectivity index (χ4n) is 2.03. The molecule has 5 heteroatoms. The minimum atomic E-state index is -0.0832. The molecule has 0 saturated heterocycles. The van der Waals surface area contributed by atoms with Crippen molar-refractivity contribution < 1.29 is 4.79 Å². The number of halogens is 1. The maximum Gasteiger partial charge on any atom is 0.221 e. The lowest BCUT2D eigenvalue weighted by Gasteiger charge is -2.02. The van der Waals surface area contributed by atoms with Gasteiger partial charge in [0.05, 0.1) is 10.7 Å². The van der Waals surface area contributed by atoms with E-state index in [1.165, 1.54) is 6.92 Å². The first-order chi connectivity index (χ1) is 9.61. The smallest absolute Gasteiger partial charge is 0.221 e. The van der Waals surface area contributed by atoms with Gasteiger partial charge in [-0.15, -0.1) is 0 Å². The Bertz CT molecular complexity index is 777. The number of amides is 1. The fraction of sp³-hybridized carbons (Fsp3) is 0.0667. The van der Waals surface area contributed by atoms with Crippen LogP contribution in [0.1, 0.15) is 6.92 Å². The van der Waals surface area contributed by atoms with E-state index >= 15 is 0 Å². The molecule has 2 aromatic heterocycles. The van der Waals surface area contributed by atoms with Crippen molar-refractivity contribution in [1.29, 1.82) is 0 Å². The molecule has 0 atom stereocenters. The van der Waals surface area contributed by atoms with Crippen LogP contribution < -0.4 is 5.32 Å². The molecule has 20 heavy (non-hydrogen) atoms. The monoisotopic (exact) mass is 285 g/mol. The van der Waals surface area contributed by atoms with Crippen LogP contribution in [0.2, 0.25) is 5.02 Å². The van der Waals surface area contributed by atoms with Crippen LogP contribution in [-0.2, 0) is 4.79 Å². The Balaban J connectivity index is 1.96. The van der Waals surface area contributed by atoms with Gasteiger partial charge in [0.2, 0.25) is 5.91 Å². The fourth-order valence-corrected chi connectivity index (χ4v) is 2.20. The number of rotatable bonds is 2. The van der Waals surface area contributed by atoms with E-state index in [4.69, 9.17) is 11.6 Å². The van der Waals surface area contributed by atoms with Gasteiger partial charge >= 0.3 is 0 Å². The number of nitrogens with one attached hydrogen (secondary N) is 1. The van der Waals surface area contributed by atoms with Gasteiger partial charge in [-0.25, -0.2) is 4.98 Å². The van der Waals surface area contributed by atoms with Crippen LogP contribution in [0.3, 0.4) is 0 Å². The van der Waals surface area contributed by atoms with E-state index in [2.05, 4.69) is 10.3 Å². The van der Waals surface area contributed by atoms with E-state index in [1.54, 1.807) is 0 Å². The molecule has 0 aliphatic carbocycles. The van der Waals surface area contributed by atoms with E-state index in [9.17, 15) is 4.79 Å². The number of nitrogens with zero attached hydrogens (tertiary/aromatic N) is 2. The van der Waals surface area contributed by atoms with Crippen molar-refractivity contribution in [3.8, 4) is 11.3 Å². The zero-order valence-electron chi connectivity index (χ0n) is 10.8. The number of pyridine rings is 1. The van der Waals surface area contributed by atoms with Gasteiger partial charge in [-0.1, -0.05) is 23.7 Å². The van der Waals surface area contributed by atoms with E-state index in [0.29, 0.717) is 5.02 Å². The molecule has 4 nitrogen and oxygen atoms in total. The van der Waals surface area contributed by atoms with Crippen LogP contribution in [0, 0.1) is 0 Å². The third kappa shape index (κ3) is 2.51. The number of hydrogen-bond donors (Lipinski definition) is 1. The molecule has 0 spiro atoms. The minimum Gasteiger partial charge on any atom is -0.326 e. The van der Waals surface area contributed by atoms with Gasteiger partial charge < -0.3 is 9.72 Å². The summed E-state index contributed by atoms with van der Waals surface area (Å²) in [4.78, 5) is 15.5. The molecule has 3 aromatic rings. The van der Waals surface area contributed by atoms with Crippen molar-refractivity contribution in [3.63, 3.8) is 0 Å². The van der Waals surface area contributed by atoms with Gasteiger partial charge in [-0.3, -0.25) is 4.79 Å². The standard InChI is InChI=1S/C15H12ClN3O/c1-10(20)17-13-5-2-11(3-6-13)14-9-19-8-12(16)4-7-15(19)18-14/h2-9H,1H3,(H,17,20). The molecule has 0 radical (unpaired) electrons.